The second-order valence-corrected chi connectivity index (χ2v) is 17.3. The number of amides is 2. The van der Waals surface area contributed by atoms with Crippen LogP contribution in [0.1, 0.15) is 62.3 Å². The Morgan fingerprint density at radius 3 is 2.11 bits per heavy atom. The Hall–Kier alpha value is -1.46. The van der Waals surface area contributed by atoms with Gasteiger partial charge in [-0.15, -0.1) is 0 Å². The standard InChI is InChI=1S/C27H47IN2O5Si/c1-19(12-13-20(2)23(21(3)14-15-28)35-25(33)26(4,5)6)16-29-24(32)22(30-18-31)17-34-36(10,11)27(7,8)9/h12-15,18,21-23H,16-17H2,1-11H3,(H,29,32)(H,30,31)/b15-14+,19-12+,20-13+/t21-,22-,23+/m0/s1. The molecular formula is C27H47IN2O5Si. The number of rotatable bonds is 13. The number of hydrogen-bond donors (Lipinski definition) is 2. The lowest BCUT2D eigenvalue weighted by molar-refractivity contribution is -0.158. The number of halogens is 1. The van der Waals surface area contributed by atoms with Crippen LogP contribution in [-0.4, -0.2) is 51.9 Å². The SMILES string of the molecule is C/C(=C\C=C(/C)[C@@H](OC(=O)C(C)(C)C)[C@@H](C)/C=C/I)CNC(=O)[C@H](CO[Si](C)(C)C(C)(C)C)NC=O. The third-order valence-electron chi connectivity index (χ3n) is 6.32. The fourth-order valence-corrected chi connectivity index (χ4v) is 4.36. The summed E-state index contributed by atoms with van der Waals surface area (Å²) >= 11 is 2.16. The normalized spacial score (nSPS) is 16.3. The highest BCUT2D eigenvalue weighted by Crippen LogP contribution is 2.36. The number of nitrogens with one attached hydrogen (secondary N) is 2. The first-order valence-electron chi connectivity index (χ1n) is 12.3. The van der Waals surface area contributed by atoms with E-state index >= 15 is 0 Å². The van der Waals surface area contributed by atoms with E-state index in [1.807, 2.05) is 63.9 Å². The lowest BCUT2D eigenvalue weighted by Gasteiger charge is -2.37. The van der Waals surface area contributed by atoms with E-state index in [-0.39, 0.29) is 29.4 Å². The smallest absolute Gasteiger partial charge is 0.311 e. The molecule has 206 valence electrons. The minimum atomic E-state index is -2.06. The summed E-state index contributed by atoms with van der Waals surface area (Å²) < 4.78 is 13.9. The van der Waals surface area contributed by atoms with Crippen molar-refractivity contribution in [3.63, 3.8) is 0 Å². The Labute approximate surface area is 233 Å². The van der Waals surface area contributed by atoms with Crippen LogP contribution in [0.15, 0.2) is 33.5 Å². The van der Waals surface area contributed by atoms with Crippen LogP contribution >= 0.6 is 22.6 Å². The molecule has 0 fully saturated rings. The predicted octanol–water partition coefficient (Wildman–Crippen LogP) is 5.67. The van der Waals surface area contributed by atoms with Crippen molar-refractivity contribution in [2.75, 3.05) is 13.2 Å². The van der Waals surface area contributed by atoms with Crippen LogP contribution in [0.2, 0.25) is 18.1 Å². The molecule has 0 saturated heterocycles. The molecule has 2 N–H and O–H groups in total. The van der Waals surface area contributed by atoms with Crippen LogP contribution in [-0.2, 0) is 23.5 Å². The van der Waals surface area contributed by atoms with Crippen molar-refractivity contribution in [1.29, 1.82) is 0 Å². The summed E-state index contributed by atoms with van der Waals surface area (Å²) in [5.74, 6) is -0.545. The molecule has 0 unspecified atom stereocenters. The maximum atomic E-state index is 12.7. The Morgan fingerprint density at radius 2 is 1.64 bits per heavy atom. The minimum absolute atomic E-state index is 0.00178. The predicted molar refractivity (Wildman–Crippen MR) is 158 cm³/mol. The molecule has 0 bridgehead atoms. The van der Waals surface area contributed by atoms with E-state index in [2.05, 4.69) is 67.1 Å². The van der Waals surface area contributed by atoms with E-state index in [1.54, 1.807) is 0 Å². The second kappa shape index (κ2) is 15.1. The molecule has 0 radical (unpaired) electrons. The Bertz CT molecular complexity index is 838. The number of allylic oxidation sites excluding steroid dienone is 2. The van der Waals surface area contributed by atoms with Crippen LogP contribution < -0.4 is 10.6 Å². The zero-order valence-electron chi connectivity index (χ0n) is 24.0. The van der Waals surface area contributed by atoms with Gasteiger partial charge in [-0.3, -0.25) is 14.4 Å². The first kappa shape index (κ1) is 34.5. The van der Waals surface area contributed by atoms with E-state index in [4.69, 9.17) is 9.16 Å². The highest BCUT2D eigenvalue weighted by molar-refractivity contribution is 14.1. The molecule has 9 heteroatoms. The Kier molecular flexibility index (Phi) is 14.5. The van der Waals surface area contributed by atoms with Gasteiger partial charge in [0.05, 0.1) is 12.0 Å². The zero-order chi connectivity index (χ0) is 28.3. The fraction of sp³-hybridized carbons (Fsp3) is 0.667. The van der Waals surface area contributed by atoms with Crippen molar-refractivity contribution in [2.24, 2.45) is 11.3 Å². The summed E-state index contributed by atoms with van der Waals surface area (Å²) in [6, 6.07) is -0.760. The van der Waals surface area contributed by atoms with E-state index < -0.39 is 25.9 Å². The Balaban J connectivity index is 5.34. The van der Waals surface area contributed by atoms with Gasteiger partial charge in [0.2, 0.25) is 12.3 Å². The van der Waals surface area contributed by atoms with Gasteiger partial charge >= 0.3 is 5.97 Å². The van der Waals surface area contributed by atoms with Gasteiger partial charge in [-0.2, -0.15) is 0 Å². The molecular weight excluding hydrogens is 587 g/mol. The summed E-state index contributed by atoms with van der Waals surface area (Å²) in [6.45, 7) is 22.4. The van der Waals surface area contributed by atoms with Crippen LogP contribution in [0.5, 0.6) is 0 Å². The summed E-state index contributed by atoms with van der Waals surface area (Å²) in [5, 5.41) is 5.44. The van der Waals surface area contributed by atoms with Gasteiger partial charge in [0.1, 0.15) is 12.1 Å². The van der Waals surface area contributed by atoms with Gasteiger partial charge in [0.15, 0.2) is 8.32 Å². The van der Waals surface area contributed by atoms with Crippen LogP contribution in [0.25, 0.3) is 0 Å². The molecule has 0 aromatic rings. The van der Waals surface area contributed by atoms with Gasteiger partial charge < -0.3 is 19.8 Å². The highest BCUT2D eigenvalue weighted by atomic mass is 127. The molecule has 36 heavy (non-hydrogen) atoms. The number of carbonyl (C=O) groups excluding carboxylic acids is 3. The van der Waals surface area contributed by atoms with Crippen LogP contribution in [0, 0.1) is 11.3 Å². The monoisotopic (exact) mass is 634 g/mol. The number of esters is 1. The molecule has 3 atom stereocenters. The van der Waals surface area contributed by atoms with Crippen molar-refractivity contribution in [3.05, 3.63) is 33.5 Å². The average Bonchev–Trinajstić information content (AvgIpc) is 2.75. The molecule has 0 aliphatic carbocycles. The van der Waals surface area contributed by atoms with Crippen molar-refractivity contribution >= 4 is 49.2 Å². The van der Waals surface area contributed by atoms with Crippen LogP contribution in [0.4, 0.5) is 0 Å². The van der Waals surface area contributed by atoms with Crippen molar-refractivity contribution < 1.29 is 23.5 Å². The average molecular weight is 635 g/mol. The second-order valence-electron chi connectivity index (χ2n) is 11.8. The molecule has 0 spiro atoms. The molecule has 0 heterocycles. The number of hydrogen-bond acceptors (Lipinski definition) is 5. The van der Waals surface area contributed by atoms with Crippen molar-refractivity contribution in [1.82, 2.24) is 10.6 Å². The first-order valence-corrected chi connectivity index (χ1v) is 16.5. The fourth-order valence-electron chi connectivity index (χ4n) is 2.69. The quantitative estimate of drug-likeness (QED) is 0.0895. The molecule has 0 saturated carbocycles. The van der Waals surface area contributed by atoms with Gasteiger partial charge in [0.25, 0.3) is 0 Å². The molecule has 7 nitrogen and oxygen atoms in total. The largest absolute Gasteiger partial charge is 0.457 e. The van der Waals surface area contributed by atoms with E-state index in [0.29, 0.717) is 13.0 Å². The molecule has 0 aromatic carbocycles. The zero-order valence-corrected chi connectivity index (χ0v) is 27.1. The van der Waals surface area contributed by atoms with E-state index in [9.17, 15) is 14.4 Å². The lowest BCUT2D eigenvalue weighted by Crippen LogP contribution is -2.50. The first-order chi connectivity index (χ1) is 16.4. The van der Waals surface area contributed by atoms with E-state index in [1.165, 1.54) is 0 Å². The maximum absolute atomic E-state index is 12.7. The van der Waals surface area contributed by atoms with Gasteiger partial charge in [-0.05, 0) is 62.4 Å². The highest BCUT2D eigenvalue weighted by Gasteiger charge is 2.38. The Morgan fingerprint density at radius 1 is 1.06 bits per heavy atom. The molecule has 0 aliphatic heterocycles. The molecule has 0 aliphatic rings. The summed E-state index contributed by atoms with van der Waals surface area (Å²) in [5.41, 5.74) is 1.22. The number of ether oxygens (including phenoxy) is 1. The van der Waals surface area contributed by atoms with Crippen molar-refractivity contribution in [2.45, 2.75) is 92.6 Å². The molecule has 0 rings (SSSR count). The summed E-state index contributed by atoms with van der Waals surface area (Å²) in [4.78, 5) is 36.3. The topological polar surface area (TPSA) is 93.7 Å². The van der Waals surface area contributed by atoms with Gasteiger partial charge in [-0.1, -0.05) is 74.1 Å². The summed E-state index contributed by atoms with van der Waals surface area (Å²) in [6.07, 6.45) is 5.96. The molecule has 2 amide bonds. The number of carbonyl (C=O) groups is 3. The molecule has 0 aromatic heterocycles. The maximum Gasteiger partial charge on any atom is 0.311 e. The lowest BCUT2D eigenvalue weighted by atomic mass is 9.94. The van der Waals surface area contributed by atoms with Crippen molar-refractivity contribution in [3.8, 4) is 0 Å². The van der Waals surface area contributed by atoms with Gasteiger partial charge in [-0.25, -0.2) is 0 Å². The van der Waals surface area contributed by atoms with Gasteiger partial charge in [0, 0.05) is 12.5 Å². The van der Waals surface area contributed by atoms with Crippen LogP contribution in [0.3, 0.4) is 0 Å². The third-order valence-corrected chi connectivity index (χ3v) is 11.2. The third kappa shape index (κ3) is 12.2. The van der Waals surface area contributed by atoms with E-state index in [0.717, 1.165) is 11.1 Å². The summed E-state index contributed by atoms with van der Waals surface area (Å²) in [7, 11) is -2.06. The minimum Gasteiger partial charge on any atom is -0.457 e.